The van der Waals surface area contributed by atoms with Crippen molar-refractivity contribution in [1.29, 1.82) is 0 Å². The predicted molar refractivity (Wildman–Crippen MR) is 75.8 cm³/mol. The summed E-state index contributed by atoms with van der Waals surface area (Å²) >= 11 is 5.72. The summed E-state index contributed by atoms with van der Waals surface area (Å²) < 4.78 is 6.10. The van der Waals surface area contributed by atoms with Crippen LogP contribution in [0.2, 0.25) is 18.1 Å². The predicted octanol–water partition coefficient (Wildman–Crippen LogP) is 4.34. The van der Waals surface area contributed by atoms with Crippen LogP contribution in [0.4, 0.5) is 0 Å². The van der Waals surface area contributed by atoms with E-state index in [0.29, 0.717) is 12.5 Å². The molecule has 0 saturated carbocycles. The van der Waals surface area contributed by atoms with Gasteiger partial charge in [0.05, 0.1) is 12.3 Å². The molecule has 1 rings (SSSR count). The molecule has 0 bridgehead atoms. The van der Waals surface area contributed by atoms with Crippen molar-refractivity contribution in [2.24, 2.45) is 0 Å². The Balaban J connectivity index is 2.61. The summed E-state index contributed by atoms with van der Waals surface area (Å²) in [5, 5.41) is 0.239. The highest BCUT2D eigenvalue weighted by Crippen LogP contribution is 2.36. The van der Waals surface area contributed by atoms with E-state index in [1.807, 2.05) is 18.3 Å². The third kappa shape index (κ3) is 4.09. The molecule has 0 radical (unpaired) electrons. The van der Waals surface area contributed by atoms with Crippen LogP contribution >= 0.6 is 11.6 Å². The van der Waals surface area contributed by atoms with Crippen LogP contribution < -0.4 is 0 Å². The number of rotatable bonds is 4. The number of hydrogen-bond donors (Lipinski definition) is 0. The molecule has 1 heterocycles. The zero-order chi connectivity index (χ0) is 13.1. The lowest BCUT2D eigenvalue weighted by Crippen LogP contribution is -2.40. The van der Waals surface area contributed by atoms with Gasteiger partial charge in [-0.25, -0.2) is 0 Å². The van der Waals surface area contributed by atoms with Gasteiger partial charge in [0.1, 0.15) is 0 Å². The van der Waals surface area contributed by atoms with Crippen molar-refractivity contribution < 1.29 is 4.43 Å². The first-order valence-corrected chi connectivity index (χ1v) is 9.34. The van der Waals surface area contributed by atoms with Crippen LogP contribution in [-0.4, -0.2) is 13.3 Å². The Bertz CT molecular complexity index is 357. The first-order chi connectivity index (χ1) is 7.76. The summed E-state index contributed by atoms with van der Waals surface area (Å²) in [5.41, 5.74) is 2.02. The summed E-state index contributed by atoms with van der Waals surface area (Å²) in [6, 6.07) is 4.00. The van der Waals surface area contributed by atoms with Gasteiger partial charge >= 0.3 is 0 Å². The standard InChI is InChI=1S/C13H22ClNOSi/c1-13(2,3)17(4,5)16-10-12-7-6-11(8-14)9-15-12/h6-7,9H,8,10H2,1-5H3. The molecule has 96 valence electrons. The molecule has 4 heteroatoms. The quantitative estimate of drug-likeness (QED) is 0.600. The summed E-state index contributed by atoms with van der Waals surface area (Å²) in [4.78, 5) is 4.35. The Morgan fingerprint density at radius 3 is 2.35 bits per heavy atom. The van der Waals surface area contributed by atoms with Gasteiger partial charge in [-0.1, -0.05) is 26.8 Å². The van der Waals surface area contributed by atoms with E-state index in [1.54, 1.807) is 0 Å². The molecule has 0 aliphatic rings. The second-order valence-electron chi connectivity index (χ2n) is 5.84. The maximum absolute atomic E-state index is 6.10. The molecule has 2 nitrogen and oxygen atoms in total. The summed E-state index contributed by atoms with van der Waals surface area (Å²) in [6.45, 7) is 11.8. The van der Waals surface area contributed by atoms with Crippen molar-refractivity contribution in [2.45, 2.75) is 51.4 Å². The second kappa shape index (κ2) is 5.51. The van der Waals surface area contributed by atoms with Gasteiger partial charge in [-0.15, -0.1) is 11.6 Å². The van der Waals surface area contributed by atoms with Crippen LogP contribution in [-0.2, 0) is 16.9 Å². The van der Waals surface area contributed by atoms with E-state index in [0.717, 1.165) is 11.3 Å². The fraction of sp³-hybridized carbons (Fsp3) is 0.615. The lowest BCUT2D eigenvalue weighted by atomic mass is 10.2. The third-order valence-corrected chi connectivity index (χ3v) is 8.21. The van der Waals surface area contributed by atoms with E-state index >= 15 is 0 Å². The van der Waals surface area contributed by atoms with Crippen LogP contribution in [0.5, 0.6) is 0 Å². The number of hydrogen-bond acceptors (Lipinski definition) is 2. The SMILES string of the molecule is CC(C)(C)[Si](C)(C)OCc1ccc(CCl)cn1. The Morgan fingerprint density at radius 2 is 1.94 bits per heavy atom. The Kier molecular flexibility index (Phi) is 4.75. The zero-order valence-electron chi connectivity index (χ0n) is 11.4. The highest BCUT2D eigenvalue weighted by molar-refractivity contribution is 6.74. The number of halogens is 1. The van der Waals surface area contributed by atoms with Crippen molar-refractivity contribution in [2.75, 3.05) is 0 Å². The minimum absolute atomic E-state index is 0.239. The molecule has 17 heavy (non-hydrogen) atoms. The van der Waals surface area contributed by atoms with Gasteiger partial charge in [-0.2, -0.15) is 0 Å². The topological polar surface area (TPSA) is 22.1 Å². The van der Waals surface area contributed by atoms with E-state index < -0.39 is 8.32 Å². The number of nitrogens with zero attached hydrogens (tertiary/aromatic N) is 1. The van der Waals surface area contributed by atoms with Crippen molar-refractivity contribution in [3.8, 4) is 0 Å². The van der Waals surface area contributed by atoms with E-state index in [2.05, 4.69) is 38.8 Å². The van der Waals surface area contributed by atoms with Crippen molar-refractivity contribution in [1.82, 2.24) is 4.98 Å². The normalized spacial score (nSPS) is 12.8. The van der Waals surface area contributed by atoms with Gasteiger partial charge in [0.25, 0.3) is 0 Å². The summed E-state index contributed by atoms with van der Waals surface area (Å²) in [7, 11) is -1.68. The monoisotopic (exact) mass is 271 g/mol. The van der Waals surface area contributed by atoms with Crippen molar-refractivity contribution in [3.05, 3.63) is 29.6 Å². The van der Waals surface area contributed by atoms with Crippen LogP contribution in [0.3, 0.4) is 0 Å². The maximum Gasteiger partial charge on any atom is 0.192 e. The lowest BCUT2D eigenvalue weighted by molar-refractivity contribution is 0.272. The molecule has 0 aromatic carbocycles. The average Bonchev–Trinajstić information content (AvgIpc) is 2.25. The maximum atomic E-state index is 6.10. The van der Waals surface area contributed by atoms with E-state index in [-0.39, 0.29) is 5.04 Å². The third-order valence-electron chi connectivity index (χ3n) is 3.43. The Hall–Kier alpha value is -0.383. The molecule has 0 N–H and O–H groups in total. The zero-order valence-corrected chi connectivity index (χ0v) is 13.1. The average molecular weight is 272 g/mol. The highest BCUT2D eigenvalue weighted by atomic mass is 35.5. The van der Waals surface area contributed by atoms with Gasteiger partial charge in [0.2, 0.25) is 0 Å². The first-order valence-electron chi connectivity index (χ1n) is 5.90. The molecule has 0 atom stereocenters. The lowest BCUT2D eigenvalue weighted by Gasteiger charge is -2.36. The largest absolute Gasteiger partial charge is 0.411 e. The smallest absolute Gasteiger partial charge is 0.192 e. The molecule has 0 aliphatic carbocycles. The fourth-order valence-corrected chi connectivity index (χ4v) is 2.19. The van der Waals surface area contributed by atoms with Gasteiger partial charge < -0.3 is 4.43 Å². The van der Waals surface area contributed by atoms with Crippen LogP contribution in [0.25, 0.3) is 0 Å². The first kappa shape index (κ1) is 14.7. The van der Waals surface area contributed by atoms with Gasteiger partial charge in [-0.3, -0.25) is 4.98 Å². The van der Waals surface area contributed by atoms with Crippen LogP contribution in [0.15, 0.2) is 18.3 Å². The van der Waals surface area contributed by atoms with E-state index in [9.17, 15) is 0 Å². The Morgan fingerprint density at radius 1 is 1.29 bits per heavy atom. The fourth-order valence-electron chi connectivity index (χ4n) is 1.09. The van der Waals surface area contributed by atoms with Crippen LogP contribution in [0.1, 0.15) is 32.0 Å². The summed E-state index contributed by atoms with van der Waals surface area (Å²) in [5.74, 6) is 0.510. The molecule has 0 spiro atoms. The highest BCUT2D eigenvalue weighted by Gasteiger charge is 2.37. The van der Waals surface area contributed by atoms with Crippen molar-refractivity contribution in [3.63, 3.8) is 0 Å². The number of aromatic nitrogens is 1. The molecule has 0 unspecified atom stereocenters. The molecular formula is C13H22ClNOSi. The molecular weight excluding hydrogens is 250 g/mol. The molecule has 1 aromatic rings. The molecule has 0 saturated heterocycles. The number of pyridine rings is 1. The van der Waals surface area contributed by atoms with Gasteiger partial charge in [0.15, 0.2) is 8.32 Å². The summed E-state index contributed by atoms with van der Waals surface area (Å²) in [6.07, 6.45) is 1.82. The van der Waals surface area contributed by atoms with Crippen LogP contribution in [0, 0.1) is 0 Å². The molecule has 0 fully saturated rings. The number of alkyl halides is 1. The second-order valence-corrected chi connectivity index (χ2v) is 10.9. The van der Waals surface area contributed by atoms with Gasteiger partial charge in [0, 0.05) is 12.1 Å². The molecule has 0 amide bonds. The van der Waals surface area contributed by atoms with Crippen molar-refractivity contribution >= 4 is 19.9 Å². The minimum Gasteiger partial charge on any atom is -0.411 e. The van der Waals surface area contributed by atoms with E-state index in [1.165, 1.54) is 0 Å². The molecule has 1 aromatic heterocycles. The van der Waals surface area contributed by atoms with E-state index in [4.69, 9.17) is 16.0 Å². The minimum atomic E-state index is -1.68. The molecule has 0 aliphatic heterocycles. The van der Waals surface area contributed by atoms with Gasteiger partial charge in [-0.05, 0) is 29.8 Å². The Labute approximate surface area is 110 Å².